The van der Waals surface area contributed by atoms with Gasteiger partial charge >= 0.3 is 0 Å². The van der Waals surface area contributed by atoms with Crippen molar-refractivity contribution in [1.29, 1.82) is 0 Å². The molecule has 0 amide bonds. The third-order valence-electron chi connectivity index (χ3n) is 5.27. The first-order valence-electron chi connectivity index (χ1n) is 8.90. The fraction of sp³-hybridized carbons (Fsp3) is 0.944. The second kappa shape index (κ2) is 8.42. The average Bonchev–Trinajstić information content (AvgIpc) is 2.55. The standard InChI is InChI=1S/C18H32O4/c1-18(2,17(19)15-7-5-4-6-8-15)22-21-13-14-9-11-16(20-3)12-10-14/h14-16H,4-13H2,1-3H3. The summed E-state index contributed by atoms with van der Waals surface area (Å²) >= 11 is 0. The van der Waals surface area contributed by atoms with Crippen LogP contribution in [0.1, 0.15) is 71.6 Å². The van der Waals surface area contributed by atoms with Crippen molar-refractivity contribution < 1.29 is 19.3 Å². The molecule has 2 saturated carbocycles. The van der Waals surface area contributed by atoms with Gasteiger partial charge in [0.1, 0.15) is 0 Å². The number of ether oxygens (including phenoxy) is 1. The van der Waals surface area contributed by atoms with E-state index in [9.17, 15) is 4.79 Å². The Hall–Kier alpha value is -0.450. The van der Waals surface area contributed by atoms with Crippen molar-refractivity contribution in [2.24, 2.45) is 11.8 Å². The van der Waals surface area contributed by atoms with E-state index >= 15 is 0 Å². The van der Waals surface area contributed by atoms with Gasteiger partial charge in [-0.1, -0.05) is 19.3 Å². The zero-order valence-electron chi connectivity index (χ0n) is 14.4. The van der Waals surface area contributed by atoms with Gasteiger partial charge in [-0.2, -0.15) is 0 Å². The first-order valence-corrected chi connectivity index (χ1v) is 8.90. The average molecular weight is 312 g/mol. The Bertz CT molecular complexity index is 339. The first-order chi connectivity index (χ1) is 10.5. The van der Waals surface area contributed by atoms with Crippen LogP contribution >= 0.6 is 0 Å². The van der Waals surface area contributed by atoms with Crippen LogP contribution in [0.2, 0.25) is 0 Å². The van der Waals surface area contributed by atoms with Gasteiger partial charge in [0.2, 0.25) is 0 Å². The van der Waals surface area contributed by atoms with Crippen molar-refractivity contribution in [2.75, 3.05) is 13.7 Å². The van der Waals surface area contributed by atoms with Crippen molar-refractivity contribution in [3.05, 3.63) is 0 Å². The first kappa shape index (κ1) is 17.9. The molecular weight excluding hydrogens is 280 g/mol. The molecule has 128 valence electrons. The number of carbonyl (C=O) groups is 1. The predicted octanol–water partition coefficient (Wildman–Crippen LogP) is 4.07. The summed E-state index contributed by atoms with van der Waals surface area (Å²) in [7, 11) is 1.78. The van der Waals surface area contributed by atoms with E-state index in [1.165, 1.54) is 6.42 Å². The van der Waals surface area contributed by atoms with Crippen LogP contribution in [-0.4, -0.2) is 31.2 Å². The van der Waals surface area contributed by atoms with E-state index in [1.807, 2.05) is 13.8 Å². The fourth-order valence-electron chi connectivity index (χ4n) is 3.71. The van der Waals surface area contributed by atoms with Crippen LogP contribution in [0, 0.1) is 11.8 Å². The van der Waals surface area contributed by atoms with Gasteiger partial charge in [-0.15, -0.1) is 0 Å². The lowest BCUT2D eigenvalue weighted by Gasteiger charge is -2.31. The third kappa shape index (κ3) is 5.04. The summed E-state index contributed by atoms with van der Waals surface area (Å²) in [4.78, 5) is 23.5. The summed E-state index contributed by atoms with van der Waals surface area (Å²) in [6.07, 6.45) is 10.4. The Morgan fingerprint density at radius 2 is 1.64 bits per heavy atom. The molecule has 4 nitrogen and oxygen atoms in total. The zero-order chi connectivity index (χ0) is 16.0. The predicted molar refractivity (Wildman–Crippen MR) is 85.5 cm³/mol. The number of hydrogen-bond acceptors (Lipinski definition) is 4. The number of methoxy groups -OCH3 is 1. The van der Waals surface area contributed by atoms with Crippen LogP contribution in [0.25, 0.3) is 0 Å². The molecule has 0 aliphatic heterocycles. The van der Waals surface area contributed by atoms with Crippen molar-refractivity contribution in [3.8, 4) is 0 Å². The molecule has 0 N–H and O–H groups in total. The Morgan fingerprint density at radius 3 is 2.23 bits per heavy atom. The van der Waals surface area contributed by atoms with Gasteiger partial charge in [-0.3, -0.25) is 4.79 Å². The summed E-state index contributed by atoms with van der Waals surface area (Å²) in [5.74, 6) is 0.881. The number of ketones is 1. The van der Waals surface area contributed by atoms with Crippen molar-refractivity contribution in [3.63, 3.8) is 0 Å². The van der Waals surface area contributed by atoms with Crippen LogP contribution in [0.15, 0.2) is 0 Å². The van der Waals surface area contributed by atoms with Crippen LogP contribution in [0.3, 0.4) is 0 Å². The van der Waals surface area contributed by atoms with Gasteiger partial charge in [0.15, 0.2) is 11.4 Å². The summed E-state index contributed by atoms with van der Waals surface area (Å²) in [6, 6.07) is 0. The highest BCUT2D eigenvalue weighted by atomic mass is 17.2. The number of hydrogen-bond donors (Lipinski definition) is 0. The Labute approximate surface area is 134 Å². The maximum atomic E-state index is 12.6. The van der Waals surface area contributed by atoms with Gasteiger partial charge in [0, 0.05) is 13.0 Å². The van der Waals surface area contributed by atoms with Crippen molar-refractivity contribution in [2.45, 2.75) is 83.3 Å². The molecular formula is C18H32O4. The van der Waals surface area contributed by atoms with Crippen molar-refractivity contribution >= 4 is 5.78 Å². The molecule has 0 radical (unpaired) electrons. The lowest BCUT2D eigenvalue weighted by molar-refractivity contribution is -0.349. The van der Waals surface area contributed by atoms with E-state index in [4.69, 9.17) is 14.5 Å². The second-order valence-corrected chi connectivity index (χ2v) is 7.46. The minimum absolute atomic E-state index is 0.157. The lowest BCUT2D eigenvalue weighted by atomic mass is 9.81. The van der Waals surface area contributed by atoms with Crippen molar-refractivity contribution in [1.82, 2.24) is 0 Å². The largest absolute Gasteiger partial charge is 0.381 e. The summed E-state index contributed by atoms with van der Waals surface area (Å²) in [5, 5.41) is 0. The molecule has 0 bridgehead atoms. The molecule has 0 heterocycles. The molecule has 0 spiro atoms. The SMILES string of the molecule is COC1CCC(COOC(C)(C)C(=O)C2CCCCC2)CC1. The molecule has 2 aliphatic rings. The number of carbonyl (C=O) groups excluding carboxylic acids is 1. The quantitative estimate of drug-likeness (QED) is 0.525. The third-order valence-corrected chi connectivity index (χ3v) is 5.27. The van der Waals surface area contributed by atoms with Gasteiger partial charge in [0.05, 0.1) is 12.7 Å². The number of Topliss-reactive ketones (excluding diaryl/α,β-unsaturated/α-hetero) is 1. The van der Waals surface area contributed by atoms with Crippen LogP contribution in [0.4, 0.5) is 0 Å². The van der Waals surface area contributed by atoms with Gasteiger partial charge in [-0.25, -0.2) is 9.78 Å². The van der Waals surface area contributed by atoms with Gasteiger partial charge < -0.3 is 4.74 Å². The van der Waals surface area contributed by atoms with Crippen LogP contribution in [-0.2, 0) is 19.3 Å². The van der Waals surface area contributed by atoms with E-state index in [2.05, 4.69) is 0 Å². The minimum Gasteiger partial charge on any atom is -0.381 e. The molecule has 0 aromatic carbocycles. The molecule has 0 unspecified atom stereocenters. The van der Waals surface area contributed by atoms with Crippen LogP contribution < -0.4 is 0 Å². The molecule has 22 heavy (non-hydrogen) atoms. The van der Waals surface area contributed by atoms with Crippen LogP contribution in [0.5, 0.6) is 0 Å². The van der Waals surface area contributed by atoms with Gasteiger partial charge in [-0.05, 0) is 58.3 Å². The monoisotopic (exact) mass is 312 g/mol. The Kier molecular flexibility index (Phi) is 6.85. The van der Waals surface area contributed by atoms with E-state index in [0.717, 1.165) is 51.4 Å². The molecule has 0 aromatic heterocycles. The van der Waals surface area contributed by atoms with E-state index in [0.29, 0.717) is 18.6 Å². The fourth-order valence-corrected chi connectivity index (χ4v) is 3.71. The van der Waals surface area contributed by atoms with E-state index in [-0.39, 0.29) is 11.7 Å². The zero-order valence-corrected chi connectivity index (χ0v) is 14.4. The Balaban J connectivity index is 1.69. The summed E-state index contributed by atoms with van der Waals surface area (Å²) in [6.45, 7) is 4.26. The molecule has 2 aliphatic carbocycles. The normalized spacial score (nSPS) is 27.8. The molecule has 0 atom stereocenters. The molecule has 4 heteroatoms. The molecule has 2 rings (SSSR count). The minimum atomic E-state index is -0.828. The molecule has 2 fully saturated rings. The maximum absolute atomic E-state index is 12.6. The summed E-state index contributed by atoms with van der Waals surface area (Å²) in [5.41, 5.74) is -0.828. The highest BCUT2D eigenvalue weighted by Gasteiger charge is 2.36. The maximum Gasteiger partial charge on any atom is 0.170 e. The smallest absolute Gasteiger partial charge is 0.170 e. The lowest BCUT2D eigenvalue weighted by Crippen LogP contribution is -2.41. The Morgan fingerprint density at radius 1 is 1.00 bits per heavy atom. The highest BCUT2D eigenvalue weighted by molar-refractivity contribution is 5.88. The second-order valence-electron chi connectivity index (χ2n) is 7.46. The highest BCUT2D eigenvalue weighted by Crippen LogP contribution is 2.30. The number of rotatable bonds is 7. The van der Waals surface area contributed by atoms with E-state index in [1.54, 1.807) is 7.11 Å². The molecule has 0 saturated heterocycles. The molecule has 0 aromatic rings. The topological polar surface area (TPSA) is 44.8 Å². The van der Waals surface area contributed by atoms with E-state index < -0.39 is 5.60 Å². The summed E-state index contributed by atoms with van der Waals surface area (Å²) < 4.78 is 5.38. The van der Waals surface area contributed by atoms with Gasteiger partial charge in [0.25, 0.3) is 0 Å².